The molecule has 0 fully saturated rings. The molecule has 0 bridgehead atoms. The van der Waals surface area contributed by atoms with Crippen LogP contribution in [0.4, 0.5) is 8.78 Å². The first-order valence-electron chi connectivity index (χ1n) is 6.25. The summed E-state index contributed by atoms with van der Waals surface area (Å²) < 4.78 is 27.9. The molecule has 0 aliphatic carbocycles. The highest BCUT2D eigenvalue weighted by Gasteiger charge is 2.12. The minimum atomic E-state index is -0.650. The van der Waals surface area contributed by atoms with Gasteiger partial charge in [-0.2, -0.15) is 5.10 Å². The Morgan fingerprint density at radius 2 is 2.19 bits per heavy atom. The highest BCUT2D eigenvalue weighted by molar-refractivity contribution is 8.00. The van der Waals surface area contributed by atoms with E-state index in [0.717, 1.165) is 23.4 Å². The Hall–Kier alpha value is -1.89. The number of hydrogen-bond donors (Lipinski definition) is 0. The van der Waals surface area contributed by atoms with Crippen LogP contribution in [0.5, 0.6) is 0 Å². The molecule has 2 rings (SSSR count). The van der Waals surface area contributed by atoms with Crippen molar-refractivity contribution in [1.82, 2.24) is 14.7 Å². The van der Waals surface area contributed by atoms with Crippen molar-refractivity contribution in [1.29, 1.82) is 0 Å². The number of nitrogens with zero attached hydrogens (tertiary/aromatic N) is 3. The van der Waals surface area contributed by atoms with Gasteiger partial charge in [-0.05, 0) is 12.1 Å². The Bertz CT molecular complexity index is 645. The van der Waals surface area contributed by atoms with Crippen LogP contribution >= 0.6 is 11.8 Å². The molecule has 1 aromatic heterocycles. The summed E-state index contributed by atoms with van der Waals surface area (Å²) in [6.07, 6.45) is 3.52. The fourth-order valence-electron chi connectivity index (χ4n) is 1.76. The Balaban J connectivity index is 1.89. The van der Waals surface area contributed by atoms with E-state index in [1.807, 2.05) is 6.20 Å². The molecular formula is C14H15F2N3OS. The van der Waals surface area contributed by atoms with E-state index in [9.17, 15) is 13.6 Å². The second kappa shape index (κ2) is 6.71. The van der Waals surface area contributed by atoms with Gasteiger partial charge in [0.05, 0.1) is 11.9 Å². The highest BCUT2D eigenvalue weighted by atomic mass is 32.2. The lowest BCUT2D eigenvalue weighted by Crippen LogP contribution is -2.27. The number of amides is 1. The van der Waals surface area contributed by atoms with Gasteiger partial charge < -0.3 is 4.90 Å². The number of aromatic nitrogens is 2. The molecule has 1 heterocycles. The van der Waals surface area contributed by atoms with Gasteiger partial charge in [0.1, 0.15) is 11.6 Å². The van der Waals surface area contributed by atoms with Gasteiger partial charge in [0.2, 0.25) is 5.91 Å². The van der Waals surface area contributed by atoms with Crippen LogP contribution in [0.1, 0.15) is 5.56 Å². The minimum absolute atomic E-state index is 0.0965. The Labute approximate surface area is 125 Å². The lowest BCUT2D eigenvalue weighted by atomic mass is 10.3. The summed E-state index contributed by atoms with van der Waals surface area (Å²) in [6.45, 7) is 0.444. The third-order valence-corrected chi connectivity index (χ3v) is 3.88. The molecular weight excluding hydrogens is 296 g/mol. The molecule has 0 aliphatic rings. The fraction of sp³-hybridized carbons (Fsp3) is 0.286. The molecule has 0 saturated heterocycles. The topological polar surface area (TPSA) is 38.1 Å². The number of carbonyl (C=O) groups excluding carboxylic acids is 1. The Morgan fingerprint density at radius 1 is 1.43 bits per heavy atom. The van der Waals surface area contributed by atoms with E-state index in [-0.39, 0.29) is 16.6 Å². The van der Waals surface area contributed by atoms with E-state index in [2.05, 4.69) is 5.10 Å². The molecule has 21 heavy (non-hydrogen) atoms. The van der Waals surface area contributed by atoms with Crippen LogP contribution in [0.3, 0.4) is 0 Å². The van der Waals surface area contributed by atoms with Gasteiger partial charge in [0.25, 0.3) is 0 Å². The molecule has 0 atom stereocenters. The summed E-state index contributed by atoms with van der Waals surface area (Å²) in [7, 11) is 3.48. The zero-order valence-electron chi connectivity index (χ0n) is 11.7. The minimum Gasteiger partial charge on any atom is -0.341 e. The van der Waals surface area contributed by atoms with Crippen molar-refractivity contribution >= 4 is 17.7 Å². The smallest absolute Gasteiger partial charge is 0.232 e. The van der Waals surface area contributed by atoms with Crippen molar-refractivity contribution in [2.45, 2.75) is 11.4 Å². The van der Waals surface area contributed by atoms with Crippen molar-refractivity contribution in [3.05, 3.63) is 47.8 Å². The monoisotopic (exact) mass is 311 g/mol. The molecule has 112 valence electrons. The number of halogens is 2. The number of carbonyl (C=O) groups is 1. The SMILES string of the molecule is CN(Cc1cnn(C)c1)C(=O)CSc1ccc(F)cc1F. The van der Waals surface area contributed by atoms with Crippen LogP contribution in [0.2, 0.25) is 0 Å². The maximum atomic E-state index is 13.5. The van der Waals surface area contributed by atoms with E-state index in [1.54, 1.807) is 29.9 Å². The van der Waals surface area contributed by atoms with E-state index >= 15 is 0 Å². The second-order valence-corrected chi connectivity index (χ2v) is 5.65. The lowest BCUT2D eigenvalue weighted by molar-refractivity contribution is -0.127. The molecule has 0 radical (unpaired) electrons. The molecule has 1 aromatic carbocycles. The summed E-state index contributed by atoms with van der Waals surface area (Å²) in [5.74, 6) is -1.31. The van der Waals surface area contributed by atoms with Gasteiger partial charge in [0.15, 0.2) is 0 Å². The number of rotatable bonds is 5. The van der Waals surface area contributed by atoms with Crippen LogP contribution < -0.4 is 0 Å². The van der Waals surface area contributed by atoms with E-state index in [0.29, 0.717) is 6.54 Å². The molecule has 0 N–H and O–H groups in total. The average molecular weight is 311 g/mol. The van der Waals surface area contributed by atoms with Crippen LogP contribution in [-0.2, 0) is 18.4 Å². The molecule has 0 spiro atoms. The first-order chi connectivity index (χ1) is 9.95. The van der Waals surface area contributed by atoms with Gasteiger partial charge in [0, 0.05) is 43.4 Å². The molecule has 0 aliphatic heterocycles. The standard InChI is InChI=1S/C14H15F2N3OS/c1-18(7-10-6-17-19(2)8-10)14(20)9-21-13-4-3-11(15)5-12(13)16/h3-6,8H,7,9H2,1-2H3. The Morgan fingerprint density at radius 3 is 2.81 bits per heavy atom. The number of hydrogen-bond acceptors (Lipinski definition) is 3. The van der Waals surface area contributed by atoms with Crippen molar-refractivity contribution < 1.29 is 13.6 Å². The number of aryl methyl sites for hydroxylation is 1. The van der Waals surface area contributed by atoms with Crippen LogP contribution in [0.15, 0.2) is 35.5 Å². The van der Waals surface area contributed by atoms with Gasteiger partial charge >= 0.3 is 0 Å². The van der Waals surface area contributed by atoms with Crippen LogP contribution in [0, 0.1) is 11.6 Å². The summed E-state index contributed by atoms with van der Waals surface area (Å²) in [4.78, 5) is 13.8. The molecule has 2 aromatic rings. The normalized spacial score (nSPS) is 10.7. The largest absolute Gasteiger partial charge is 0.341 e. The molecule has 0 saturated carbocycles. The van der Waals surface area contributed by atoms with E-state index < -0.39 is 11.6 Å². The van der Waals surface area contributed by atoms with Crippen molar-refractivity contribution in [3.63, 3.8) is 0 Å². The predicted molar refractivity (Wildman–Crippen MR) is 76.8 cm³/mol. The molecule has 7 heteroatoms. The lowest BCUT2D eigenvalue weighted by Gasteiger charge is -2.16. The third kappa shape index (κ3) is 4.29. The maximum absolute atomic E-state index is 13.5. The zero-order valence-corrected chi connectivity index (χ0v) is 12.5. The first kappa shape index (κ1) is 15.5. The van der Waals surface area contributed by atoms with E-state index in [1.165, 1.54) is 12.1 Å². The van der Waals surface area contributed by atoms with Crippen LogP contribution in [-0.4, -0.2) is 33.4 Å². The van der Waals surface area contributed by atoms with Gasteiger partial charge in [-0.15, -0.1) is 11.8 Å². The number of benzene rings is 1. The highest BCUT2D eigenvalue weighted by Crippen LogP contribution is 2.22. The molecule has 1 amide bonds. The zero-order chi connectivity index (χ0) is 15.4. The third-order valence-electron chi connectivity index (χ3n) is 2.85. The van der Waals surface area contributed by atoms with Crippen LogP contribution in [0.25, 0.3) is 0 Å². The number of thioether (sulfide) groups is 1. The second-order valence-electron chi connectivity index (χ2n) is 4.64. The predicted octanol–water partition coefficient (Wildman–Crippen LogP) is 2.45. The van der Waals surface area contributed by atoms with Gasteiger partial charge in [-0.3, -0.25) is 9.48 Å². The van der Waals surface area contributed by atoms with Crippen molar-refractivity contribution in [2.24, 2.45) is 7.05 Å². The molecule has 0 unspecified atom stereocenters. The Kier molecular flexibility index (Phi) is 4.95. The molecule has 4 nitrogen and oxygen atoms in total. The summed E-state index contributed by atoms with van der Waals surface area (Å²) >= 11 is 1.05. The fourth-order valence-corrected chi connectivity index (χ4v) is 2.62. The maximum Gasteiger partial charge on any atom is 0.232 e. The van der Waals surface area contributed by atoms with Crippen molar-refractivity contribution in [3.8, 4) is 0 Å². The summed E-state index contributed by atoms with van der Waals surface area (Å²) in [5.41, 5.74) is 0.923. The summed E-state index contributed by atoms with van der Waals surface area (Å²) in [6, 6.07) is 3.32. The summed E-state index contributed by atoms with van der Waals surface area (Å²) in [5, 5.41) is 4.03. The average Bonchev–Trinajstić information content (AvgIpc) is 2.82. The van der Waals surface area contributed by atoms with Crippen molar-refractivity contribution in [2.75, 3.05) is 12.8 Å². The van der Waals surface area contributed by atoms with Gasteiger partial charge in [-0.1, -0.05) is 0 Å². The first-order valence-corrected chi connectivity index (χ1v) is 7.23. The quantitative estimate of drug-likeness (QED) is 0.796. The van der Waals surface area contributed by atoms with Gasteiger partial charge in [-0.25, -0.2) is 8.78 Å². The van der Waals surface area contributed by atoms with E-state index in [4.69, 9.17) is 0 Å².